The minimum atomic E-state index is -0.0515. The minimum absolute atomic E-state index is 0.0515. The van der Waals surface area contributed by atoms with Gasteiger partial charge in [-0.15, -0.1) is 11.8 Å². The van der Waals surface area contributed by atoms with E-state index < -0.39 is 0 Å². The van der Waals surface area contributed by atoms with E-state index in [2.05, 4.69) is 0 Å². The highest BCUT2D eigenvalue weighted by atomic mass is 35.5. The number of rotatable bonds is 4. The standard InChI is InChI=1S/C16H17ClN2OS/c1-19(2)16(20)11-7-8-15(14(18)9-11)21-10-12-5-3-4-6-13(12)17/h3-9H,10,18H2,1-2H3. The van der Waals surface area contributed by atoms with Crippen LogP contribution >= 0.6 is 23.4 Å². The van der Waals surface area contributed by atoms with Gasteiger partial charge in [-0.1, -0.05) is 29.8 Å². The van der Waals surface area contributed by atoms with Crippen LogP contribution in [-0.4, -0.2) is 24.9 Å². The number of nitrogens with zero attached hydrogens (tertiary/aromatic N) is 1. The molecule has 1 amide bonds. The molecule has 0 heterocycles. The normalized spacial score (nSPS) is 10.4. The molecule has 2 aromatic rings. The second kappa shape index (κ2) is 6.87. The number of thioether (sulfide) groups is 1. The molecule has 0 spiro atoms. The zero-order chi connectivity index (χ0) is 15.4. The largest absolute Gasteiger partial charge is 0.398 e. The molecule has 0 bridgehead atoms. The summed E-state index contributed by atoms with van der Waals surface area (Å²) in [5.41, 5.74) is 8.31. The zero-order valence-electron chi connectivity index (χ0n) is 12.0. The third-order valence-electron chi connectivity index (χ3n) is 3.00. The van der Waals surface area contributed by atoms with E-state index in [0.29, 0.717) is 11.3 Å². The summed E-state index contributed by atoms with van der Waals surface area (Å²) < 4.78 is 0. The first-order valence-corrected chi connectivity index (χ1v) is 7.83. The van der Waals surface area contributed by atoms with Crippen LogP contribution in [0.4, 0.5) is 5.69 Å². The summed E-state index contributed by atoms with van der Waals surface area (Å²) in [7, 11) is 3.44. The van der Waals surface area contributed by atoms with E-state index in [-0.39, 0.29) is 5.91 Å². The molecule has 5 heteroatoms. The molecule has 0 aliphatic rings. The van der Waals surface area contributed by atoms with Crippen molar-refractivity contribution in [2.24, 2.45) is 0 Å². The van der Waals surface area contributed by atoms with Crippen molar-refractivity contribution in [3.05, 3.63) is 58.6 Å². The Hall–Kier alpha value is -1.65. The number of halogens is 1. The van der Waals surface area contributed by atoms with Gasteiger partial charge in [0.1, 0.15) is 0 Å². The molecule has 0 radical (unpaired) electrons. The number of hydrogen-bond donors (Lipinski definition) is 1. The highest BCUT2D eigenvalue weighted by Crippen LogP contribution is 2.31. The topological polar surface area (TPSA) is 46.3 Å². The van der Waals surface area contributed by atoms with Crippen molar-refractivity contribution < 1.29 is 4.79 Å². The maximum Gasteiger partial charge on any atom is 0.253 e. The van der Waals surface area contributed by atoms with Crippen LogP contribution in [-0.2, 0) is 5.75 Å². The molecule has 2 rings (SSSR count). The molecule has 0 aliphatic carbocycles. The van der Waals surface area contributed by atoms with Crippen LogP contribution in [0.2, 0.25) is 5.02 Å². The lowest BCUT2D eigenvalue weighted by molar-refractivity contribution is 0.0827. The second-order valence-corrected chi connectivity index (χ2v) is 6.26. The number of benzene rings is 2. The molecule has 3 nitrogen and oxygen atoms in total. The van der Waals surface area contributed by atoms with Crippen molar-refractivity contribution in [1.82, 2.24) is 4.90 Å². The fourth-order valence-electron chi connectivity index (χ4n) is 1.84. The lowest BCUT2D eigenvalue weighted by atomic mass is 10.2. The number of nitrogens with two attached hydrogens (primary N) is 1. The van der Waals surface area contributed by atoms with E-state index in [0.717, 1.165) is 21.2 Å². The summed E-state index contributed by atoms with van der Waals surface area (Å²) in [4.78, 5) is 14.4. The van der Waals surface area contributed by atoms with Crippen LogP contribution in [0, 0.1) is 0 Å². The van der Waals surface area contributed by atoms with Crippen molar-refractivity contribution in [3.8, 4) is 0 Å². The van der Waals surface area contributed by atoms with Gasteiger partial charge in [0, 0.05) is 41.0 Å². The Bertz CT molecular complexity index is 658. The Balaban J connectivity index is 2.12. The molecule has 0 aromatic heterocycles. The van der Waals surface area contributed by atoms with Crippen molar-refractivity contribution in [1.29, 1.82) is 0 Å². The first-order valence-electron chi connectivity index (χ1n) is 6.46. The van der Waals surface area contributed by atoms with Gasteiger partial charge in [0.05, 0.1) is 0 Å². The smallest absolute Gasteiger partial charge is 0.253 e. The number of carbonyl (C=O) groups excluding carboxylic acids is 1. The quantitative estimate of drug-likeness (QED) is 0.686. The Morgan fingerprint density at radius 3 is 2.57 bits per heavy atom. The summed E-state index contributed by atoms with van der Waals surface area (Å²) in [6.07, 6.45) is 0. The average Bonchev–Trinajstić information content (AvgIpc) is 2.46. The second-order valence-electron chi connectivity index (χ2n) is 4.83. The molecule has 0 atom stereocenters. The predicted octanol–water partition coefficient (Wildman–Crippen LogP) is 3.92. The van der Waals surface area contributed by atoms with Gasteiger partial charge in [-0.3, -0.25) is 4.79 Å². The Morgan fingerprint density at radius 1 is 1.24 bits per heavy atom. The van der Waals surface area contributed by atoms with Crippen LogP contribution < -0.4 is 5.73 Å². The van der Waals surface area contributed by atoms with Gasteiger partial charge in [-0.2, -0.15) is 0 Å². The van der Waals surface area contributed by atoms with Gasteiger partial charge in [-0.25, -0.2) is 0 Å². The van der Waals surface area contributed by atoms with Crippen LogP contribution in [0.25, 0.3) is 0 Å². The molecule has 0 aliphatic heterocycles. The highest BCUT2D eigenvalue weighted by molar-refractivity contribution is 7.98. The molecule has 0 unspecified atom stereocenters. The number of hydrogen-bond acceptors (Lipinski definition) is 3. The van der Waals surface area contributed by atoms with E-state index in [1.807, 2.05) is 30.3 Å². The van der Waals surface area contributed by atoms with Crippen molar-refractivity contribution in [2.45, 2.75) is 10.6 Å². The zero-order valence-corrected chi connectivity index (χ0v) is 13.5. The third-order valence-corrected chi connectivity index (χ3v) is 4.51. The first-order chi connectivity index (χ1) is 9.99. The first kappa shape index (κ1) is 15.7. The van der Waals surface area contributed by atoms with Crippen LogP contribution in [0.3, 0.4) is 0 Å². The predicted molar refractivity (Wildman–Crippen MR) is 89.9 cm³/mol. The van der Waals surface area contributed by atoms with Crippen LogP contribution in [0.5, 0.6) is 0 Å². The molecule has 0 saturated carbocycles. The van der Waals surface area contributed by atoms with E-state index in [1.54, 1.807) is 38.0 Å². The van der Waals surface area contributed by atoms with Gasteiger partial charge in [0.25, 0.3) is 5.91 Å². The molecule has 0 fully saturated rings. The van der Waals surface area contributed by atoms with Gasteiger partial charge >= 0.3 is 0 Å². The maximum atomic E-state index is 11.9. The van der Waals surface area contributed by atoms with Gasteiger partial charge in [0.2, 0.25) is 0 Å². The van der Waals surface area contributed by atoms with E-state index >= 15 is 0 Å². The number of anilines is 1. The van der Waals surface area contributed by atoms with E-state index in [9.17, 15) is 4.79 Å². The summed E-state index contributed by atoms with van der Waals surface area (Å²) in [5, 5.41) is 0.753. The third kappa shape index (κ3) is 3.93. The molecular weight excluding hydrogens is 304 g/mol. The summed E-state index contributed by atoms with van der Waals surface area (Å²) in [5.74, 6) is 0.689. The lowest BCUT2D eigenvalue weighted by Gasteiger charge is -2.12. The average molecular weight is 321 g/mol. The number of carbonyl (C=O) groups is 1. The molecule has 0 saturated heterocycles. The summed E-state index contributed by atoms with van der Waals surface area (Å²) in [6, 6.07) is 13.1. The van der Waals surface area contributed by atoms with Crippen molar-refractivity contribution >= 4 is 35.0 Å². The molecule has 2 N–H and O–H groups in total. The number of nitrogen functional groups attached to an aromatic ring is 1. The lowest BCUT2D eigenvalue weighted by Crippen LogP contribution is -2.21. The molecule has 110 valence electrons. The van der Waals surface area contributed by atoms with Gasteiger partial charge < -0.3 is 10.6 Å². The van der Waals surface area contributed by atoms with Crippen molar-refractivity contribution in [2.75, 3.05) is 19.8 Å². The summed E-state index contributed by atoms with van der Waals surface area (Å²) in [6.45, 7) is 0. The minimum Gasteiger partial charge on any atom is -0.398 e. The molecule has 2 aromatic carbocycles. The fraction of sp³-hybridized carbons (Fsp3) is 0.188. The van der Waals surface area contributed by atoms with Crippen LogP contribution in [0.1, 0.15) is 15.9 Å². The van der Waals surface area contributed by atoms with Crippen LogP contribution in [0.15, 0.2) is 47.4 Å². The maximum absolute atomic E-state index is 11.9. The van der Waals surface area contributed by atoms with E-state index in [1.165, 1.54) is 4.90 Å². The van der Waals surface area contributed by atoms with Gasteiger partial charge in [-0.05, 0) is 29.8 Å². The number of amides is 1. The van der Waals surface area contributed by atoms with E-state index in [4.69, 9.17) is 17.3 Å². The monoisotopic (exact) mass is 320 g/mol. The Kier molecular flexibility index (Phi) is 5.15. The molecular formula is C16H17ClN2OS. The Labute approximate surface area is 134 Å². The highest BCUT2D eigenvalue weighted by Gasteiger charge is 2.10. The SMILES string of the molecule is CN(C)C(=O)c1ccc(SCc2ccccc2Cl)c(N)c1. The Morgan fingerprint density at radius 2 is 1.95 bits per heavy atom. The molecule has 21 heavy (non-hydrogen) atoms. The van der Waals surface area contributed by atoms with Gasteiger partial charge in [0.15, 0.2) is 0 Å². The summed E-state index contributed by atoms with van der Waals surface area (Å²) >= 11 is 7.75. The fourth-order valence-corrected chi connectivity index (χ4v) is 3.08. The van der Waals surface area contributed by atoms with Crippen molar-refractivity contribution in [3.63, 3.8) is 0 Å².